The van der Waals surface area contributed by atoms with Crippen LogP contribution in [0.4, 0.5) is 0 Å². The number of aromatic amines is 1. The van der Waals surface area contributed by atoms with Gasteiger partial charge in [-0.1, -0.05) is 19.4 Å². The van der Waals surface area contributed by atoms with Crippen LogP contribution in [-0.2, 0) is 10.2 Å². The van der Waals surface area contributed by atoms with E-state index in [-0.39, 0.29) is 17.9 Å². The quantitative estimate of drug-likeness (QED) is 0.865. The second-order valence-corrected chi connectivity index (χ2v) is 5.07. The van der Waals surface area contributed by atoms with Gasteiger partial charge in [-0.25, -0.2) is 4.98 Å². The SMILES string of the molecule is CCC(CO)C1(c2ccc3nc[nH]c3c2)COC1. The molecule has 0 amide bonds. The summed E-state index contributed by atoms with van der Waals surface area (Å²) in [6.45, 7) is 3.73. The number of nitrogens with zero attached hydrogens (tertiary/aromatic N) is 1. The Balaban J connectivity index is 2.04. The summed E-state index contributed by atoms with van der Waals surface area (Å²) in [4.78, 5) is 7.38. The largest absolute Gasteiger partial charge is 0.396 e. The number of nitrogens with one attached hydrogen (secondary N) is 1. The molecule has 1 aromatic carbocycles. The molecule has 0 radical (unpaired) electrons. The molecule has 1 aromatic heterocycles. The molecule has 0 saturated carbocycles. The zero-order valence-corrected chi connectivity index (χ0v) is 10.5. The Labute approximate surface area is 106 Å². The first-order valence-corrected chi connectivity index (χ1v) is 6.42. The van der Waals surface area contributed by atoms with Crippen LogP contribution >= 0.6 is 0 Å². The lowest BCUT2D eigenvalue weighted by Gasteiger charge is -2.47. The fourth-order valence-electron chi connectivity index (χ4n) is 2.90. The van der Waals surface area contributed by atoms with Crippen molar-refractivity contribution in [2.24, 2.45) is 5.92 Å². The Morgan fingerprint density at radius 3 is 2.94 bits per heavy atom. The van der Waals surface area contributed by atoms with Crippen molar-refractivity contribution in [2.75, 3.05) is 19.8 Å². The molecule has 3 rings (SSSR count). The Hall–Kier alpha value is -1.39. The zero-order chi connectivity index (χ0) is 12.6. The number of imidazole rings is 1. The van der Waals surface area contributed by atoms with E-state index >= 15 is 0 Å². The number of benzene rings is 1. The van der Waals surface area contributed by atoms with Gasteiger partial charge in [0.05, 0.1) is 30.6 Å². The van der Waals surface area contributed by atoms with Crippen molar-refractivity contribution in [3.8, 4) is 0 Å². The second kappa shape index (κ2) is 4.37. The number of rotatable bonds is 4. The number of aliphatic hydroxyl groups excluding tert-OH is 1. The molecule has 1 fully saturated rings. The summed E-state index contributed by atoms with van der Waals surface area (Å²) in [5.74, 6) is 0.256. The first-order valence-electron chi connectivity index (χ1n) is 6.42. The van der Waals surface area contributed by atoms with Crippen molar-refractivity contribution in [2.45, 2.75) is 18.8 Å². The summed E-state index contributed by atoms with van der Waals surface area (Å²) in [5, 5.41) is 9.59. The van der Waals surface area contributed by atoms with E-state index in [2.05, 4.69) is 29.0 Å². The van der Waals surface area contributed by atoms with Gasteiger partial charge in [0.25, 0.3) is 0 Å². The molecule has 2 heterocycles. The van der Waals surface area contributed by atoms with E-state index in [9.17, 15) is 5.11 Å². The monoisotopic (exact) mass is 246 g/mol. The van der Waals surface area contributed by atoms with Crippen LogP contribution in [0.3, 0.4) is 0 Å². The van der Waals surface area contributed by atoms with Crippen LogP contribution in [0.25, 0.3) is 11.0 Å². The maximum atomic E-state index is 9.59. The first-order chi connectivity index (χ1) is 8.80. The number of fused-ring (bicyclic) bond motifs is 1. The number of ether oxygens (including phenoxy) is 1. The lowest BCUT2D eigenvalue weighted by molar-refractivity contribution is -0.101. The third-order valence-corrected chi connectivity index (χ3v) is 4.21. The summed E-state index contributed by atoms with van der Waals surface area (Å²) in [5.41, 5.74) is 3.24. The molecule has 4 nitrogen and oxygen atoms in total. The number of aromatic nitrogens is 2. The van der Waals surface area contributed by atoms with E-state index in [0.29, 0.717) is 13.2 Å². The van der Waals surface area contributed by atoms with Gasteiger partial charge in [-0.2, -0.15) is 0 Å². The summed E-state index contributed by atoms with van der Waals surface area (Å²) in [6, 6.07) is 6.29. The fourth-order valence-corrected chi connectivity index (χ4v) is 2.90. The number of hydrogen-bond acceptors (Lipinski definition) is 3. The summed E-state index contributed by atoms with van der Waals surface area (Å²) in [7, 11) is 0. The van der Waals surface area contributed by atoms with Gasteiger partial charge in [0, 0.05) is 12.0 Å². The average molecular weight is 246 g/mol. The van der Waals surface area contributed by atoms with Crippen molar-refractivity contribution in [3.63, 3.8) is 0 Å². The normalized spacial score (nSPS) is 19.7. The Bertz CT molecular complexity index is 541. The minimum atomic E-state index is -0.0250. The van der Waals surface area contributed by atoms with Gasteiger partial charge in [-0.05, 0) is 23.6 Å². The molecule has 1 aliphatic heterocycles. The average Bonchev–Trinajstić information content (AvgIpc) is 2.80. The lowest BCUT2D eigenvalue weighted by Crippen LogP contribution is -2.53. The molecular formula is C14H18N2O2. The van der Waals surface area contributed by atoms with Gasteiger partial charge in [0.2, 0.25) is 0 Å². The summed E-state index contributed by atoms with van der Waals surface area (Å²) >= 11 is 0. The molecule has 0 spiro atoms. The molecule has 96 valence electrons. The molecule has 1 atom stereocenters. The predicted molar refractivity (Wildman–Crippen MR) is 69.5 cm³/mol. The summed E-state index contributed by atoms with van der Waals surface area (Å²) < 4.78 is 5.43. The van der Waals surface area contributed by atoms with Gasteiger partial charge in [0.1, 0.15) is 0 Å². The zero-order valence-electron chi connectivity index (χ0n) is 10.5. The standard InChI is InChI=1S/C14H18N2O2/c1-2-10(6-17)14(7-18-8-14)11-3-4-12-13(5-11)16-9-15-12/h3-5,9-10,17H,2,6-8H2,1H3,(H,15,16). The Kier molecular flexibility index (Phi) is 2.84. The fraction of sp³-hybridized carbons (Fsp3) is 0.500. The van der Waals surface area contributed by atoms with Crippen LogP contribution in [0.15, 0.2) is 24.5 Å². The topological polar surface area (TPSA) is 58.1 Å². The van der Waals surface area contributed by atoms with E-state index in [1.165, 1.54) is 5.56 Å². The lowest BCUT2D eigenvalue weighted by atomic mass is 9.68. The molecule has 4 heteroatoms. The van der Waals surface area contributed by atoms with Crippen molar-refractivity contribution in [3.05, 3.63) is 30.1 Å². The number of H-pyrrole nitrogens is 1. The van der Waals surface area contributed by atoms with E-state index in [4.69, 9.17) is 4.74 Å². The molecule has 1 aliphatic rings. The van der Waals surface area contributed by atoms with Crippen LogP contribution in [0.2, 0.25) is 0 Å². The van der Waals surface area contributed by atoms with Crippen LogP contribution in [0.5, 0.6) is 0 Å². The van der Waals surface area contributed by atoms with Gasteiger partial charge in [-0.15, -0.1) is 0 Å². The second-order valence-electron chi connectivity index (χ2n) is 5.07. The van der Waals surface area contributed by atoms with Crippen molar-refractivity contribution in [1.29, 1.82) is 0 Å². The Morgan fingerprint density at radius 1 is 1.50 bits per heavy atom. The van der Waals surface area contributed by atoms with Gasteiger partial charge >= 0.3 is 0 Å². The van der Waals surface area contributed by atoms with E-state index < -0.39 is 0 Å². The molecule has 0 aliphatic carbocycles. The molecule has 1 saturated heterocycles. The first kappa shape index (κ1) is 11.7. The van der Waals surface area contributed by atoms with Gasteiger partial charge in [-0.3, -0.25) is 0 Å². The Morgan fingerprint density at radius 2 is 2.33 bits per heavy atom. The minimum absolute atomic E-state index is 0.0250. The molecular weight excluding hydrogens is 228 g/mol. The molecule has 18 heavy (non-hydrogen) atoms. The highest BCUT2D eigenvalue weighted by molar-refractivity contribution is 5.75. The number of aliphatic hydroxyl groups is 1. The third-order valence-electron chi connectivity index (χ3n) is 4.21. The molecule has 1 unspecified atom stereocenters. The van der Waals surface area contributed by atoms with Gasteiger partial charge in [0.15, 0.2) is 0 Å². The molecule has 2 N–H and O–H groups in total. The van der Waals surface area contributed by atoms with Crippen LogP contribution < -0.4 is 0 Å². The maximum Gasteiger partial charge on any atom is 0.0931 e. The van der Waals surface area contributed by atoms with E-state index in [1.807, 2.05) is 6.07 Å². The molecule has 0 bridgehead atoms. The smallest absolute Gasteiger partial charge is 0.0931 e. The predicted octanol–water partition coefficient (Wildman–Crippen LogP) is 1.85. The number of hydrogen-bond donors (Lipinski definition) is 2. The van der Waals surface area contributed by atoms with Crippen LogP contribution in [-0.4, -0.2) is 34.9 Å². The van der Waals surface area contributed by atoms with E-state index in [1.54, 1.807) is 6.33 Å². The van der Waals surface area contributed by atoms with Crippen molar-refractivity contribution in [1.82, 2.24) is 9.97 Å². The van der Waals surface area contributed by atoms with E-state index in [0.717, 1.165) is 17.5 Å². The van der Waals surface area contributed by atoms with Crippen LogP contribution in [0.1, 0.15) is 18.9 Å². The maximum absolute atomic E-state index is 9.59. The highest BCUT2D eigenvalue weighted by atomic mass is 16.5. The van der Waals surface area contributed by atoms with Crippen LogP contribution in [0, 0.1) is 5.92 Å². The highest BCUT2D eigenvalue weighted by Gasteiger charge is 2.46. The summed E-state index contributed by atoms with van der Waals surface area (Å²) in [6.07, 6.45) is 2.67. The van der Waals surface area contributed by atoms with Crippen molar-refractivity contribution >= 4 is 11.0 Å². The third kappa shape index (κ3) is 1.56. The highest BCUT2D eigenvalue weighted by Crippen LogP contribution is 2.41. The van der Waals surface area contributed by atoms with Gasteiger partial charge < -0.3 is 14.8 Å². The molecule has 2 aromatic rings. The van der Waals surface area contributed by atoms with Crippen molar-refractivity contribution < 1.29 is 9.84 Å². The minimum Gasteiger partial charge on any atom is -0.396 e.